The third-order valence-corrected chi connectivity index (χ3v) is 10.6. The maximum Gasteiger partial charge on any atom is 0.264 e. The smallest absolute Gasteiger partial charge is 0.264 e. The number of ether oxygens (including phenoxy) is 2. The quantitative estimate of drug-likeness (QED) is 0.158. The molecule has 0 bridgehead atoms. The van der Waals surface area contributed by atoms with Crippen LogP contribution in [-0.2, 0) is 32.6 Å². The average molecular weight is 684 g/mol. The first kappa shape index (κ1) is 35.5. The van der Waals surface area contributed by atoms with Crippen LogP contribution < -0.4 is 19.1 Å². The van der Waals surface area contributed by atoms with Gasteiger partial charge in [-0.15, -0.1) is 0 Å². The van der Waals surface area contributed by atoms with Crippen molar-refractivity contribution in [3.63, 3.8) is 0 Å². The van der Waals surface area contributed by atoms with Gasteiger partial charge in [-0.25, -0.2) is 8.42 Å². The molecule has 49 heavy (non-hydrogen) atoms. The molecule has 5 rings (SSSR count). The lowest BCUT2D eigenvalue weighted by molar-refractivity contribution is -0.140. The van der Waals surface area contributed by atoms with Gasteiger partial charge in [0.1, 0.15) is 24.1 Å². The number of nitrogens with zero attached hydrogens (tertiary/aromatic N) is 2. The zero-order chi connectivity index (χ0) is 34.8. The lowest BCUT2D eigenvalue weighted by atomic mass is 10.0. The van der Waals surface area contributed by atoms with Crippen molar-refractivity contribution in [3.05, 3.63) is 120 Å². The molecule has 2 amide bonds. The number of aryl methyl sites for hydroxylation is 1. The summed E-state index contributed by atoms with van der Waals surface area (Å²) in [6.07, 6.45) is 4.10. The maximum absolute atomic E-state index is 14.7. The molecule has 1 fully saturated rings. The fraction of sp³-hybridized carbons (Fsp3) is 0.333. The molecule has 1 aliphatic rings. The van der Waals surface area contributed by atoms with Gasteiger partial charge in [0.25, 0.3) is 10.0 Å². The number of methoxy groups -OCH3 is 1. The summed E-state index contributed by atoms with van der Waals surface area (Å²) < 4.78 is 40.8. The van der Waals surface area contributed by atoms with Crippen molar-refractivity contribution >= 4 is 27.5 Å². The van der Waals surface area contributed by atoms with E-state index in [1.54, 1.807) is 31.4 Å². The molecule has 0 aromatic heterocycles. The Bertz CT molecular complexity index is 1790. The van der Waals surface area contributed by atoms with Gasteiger partial charge in [-0.1, -0.05) is 73.0 Å². The Morgan fingerprint density at radius 3 is 2.18 bits per heavy atom. The van der Waals surface area contributed by atoms with Crippen molar-refractivity contribution < 1.29 is 27.5 Å². The van der Waals surface area contributed by atoms with E-state index in [1.807, 2.05) is 80.6 Å². The highest BCUT2D eigenvalue weighted by atomic mass is 32.2. The van der Waals surface area contributed by atoms with E-state index in [-0.39, 0.29) is 29.8 Å². The number of benzene rings is 4. The lowest BCUT2D eigenvalue weighted by Crippen LogP contribution is -2.54. The first-order chi connectivity index (χ1) is 23.7. The average Bonchev–Trinajstić information content (AvgIpc) is 3.63. The van der Waals surface area contributed by atoms with E-state index in [4.69, 9.17) is 9.47 Å². The zero-order valence-corrected chi connectivity index (χ0v) is 29.2. The summed E-state index contributed by atoms with van der Waals surface area (Å²) in [5.41, 5.74) is 2.91. The number of nitrogens with one attached hydrogen (secondary N) is 1. The number of hydrogen-bond donors (Lipinski definition) is 1. The van der Waals surface area contributed by atoms with E-state index < -0.39 is 28.5 Å². The number of amides is 2. The van der Waals surface area contributed by atoms with Crippen LogP contribution in [0.25, 0.3) is 0 Å². The van der Waals surface area contributed by atoms with E-state index in [0.717, 1.165) is 46.7 Å². The van der Waals surface area contributed by atoms with Gasteiger partial charge in [-0.3, -0.25) is 13.9 Å². The fourth-order valence-electron chi connectivity index (χ4n) is 6.13. The molecule has 258 valence electrons. The molecule has 1 aliphatic carbocycles. The highest BCUT2D eigenvalue weighted by molar-refractivity contribution is 7.92. The standard InChI is InChI=1S/C39H45N3O6S/c1-4-48-34-21-23-36(24-22-34)49(45,46)42(33-19-17-29(2)18-20-33)28-38(43)41(27-31-13-10-16-35(25-31)47-3)37(26-30-11-6-5-7-12-30)39(44)40-32-14-8-9-15-32/h5-7,10-13,16-25,32,37H,4,8-9,14-15,26-28H2,1-3H3,(H,40,44). The molecule has 4 aromatic carbocycles. The molecule has 4 aromatic rings. The predicted molar refractivity (Wildman–Crippen MR) is 191 cm³/mol. The highest BCUT2D eigenvalue weighted by Crippen LogP contribution is 2.27. The number of anilines is 1. The monoisotopic (exact) mass is 683 g/mol. The third kappa shape index (κ3) is 9.20. The second kappa shape index (κ2) is 16.5. The molecule has 1 N–H and O–H groups in total. The Hall–Kier alpha value is -4.83. The Kier molecular flexibility index (Phi) is 12.0. The van der Waals surface area contributed by atoms with Crippen LogP contribution in [-0.4, -0.2) is 57.5 Å². The predicted octanol–water partition coefficient (Wildman–Crippen LogP) is 6.30. The van der Waals surface area contributed by atoms with E-state index in [9.17, 15) is 18.0 Å². The molecule has 1 atom stereocenters. The van der Waals surface area contributed by atoms with Gasteiger partial charge in [0.15, 0.2) is 0 Å². The molecule has 0 saturated heterocycles. The molecule has 10 heteroatoms. The van der Waals surface area contributed by atoms with Gasteiger partial charge in [-0.2, -0.15) is 0 Å². The Morgan fingerprint density at radius 2 is 1.53 bits per heavy atom. The minimum absolute atomic E-state index is 0.0171. The SMILES string of the molecule is CCOc1ccc(S(=O)(=O)N(CC(=O)N(Cc2cccc(OC)c2)C(Cc2ccccc2)C(=O)NC2CCCC2)c2ccc(C)cc2)cc1. The van der Waals surface area contributed by atoms with Gasteiger partial charge < -0.3 is 19.7 Å². The molecule has 1 unspecified atom stereocenters. The van der Waals surface area contributed by atoms with Crippen molar-refractivity contribution in [1.82, 2.24) is 10.2 Å². The number of carbonyl (C=O) groups excluding carboxylic acids is 2. The van der Waals surface area contributed by atoms with Crippen molar-refractivity contribution in [2.24, 2.45) is 0 Å². The van der Waals surface area contributed by atoms with E-state index in [0.29, 0.717) is 23.8 Å². The van der Waals surface area contributed by atoms with Crippen LogP contribution in [0.1, 0.15) is 49.3 Å². The van der Waals surface area contributed by atoms with Crippen molar-refractivity contribution in [1.29, 1.82) is 0 Å². The second-order valence-corrected chi connectivity index (χ2v) is 14.2. The Morgan fingerprint density at radius 1 is 0.857 bits per heavy atom. The van der Waals surface area contributed by atoms with Gasteiger partial charge in [0.2, 0.25) is 11.8 Å². The zero-order valence-electron chi connectivity index (χ0n) is 28.4. The van der Waals surface area contributed by atoms with Gasteiger partial charge in [0.05, 0.1) is 24.3 Å². The van der Waals surface area contributed by atoms with Crippen LogP contribution in [0.15, 0.2) is 108 Å². The summed E-state index contributed by atoms with van der Waals surface area (Å²) in [5, 5.41) is 3.20. The van der Waals surface area contributed by atoms with Gasteiger partial charge >= 0.3 is 0 Å². The second-order valence-electron chi connectivity index (χ2n) is 12.3. The first-order valence-corrected chi connectivity index (χ1v) is 18.2. The molecule has 0 radical (unpaired) electrons. The lowest BCUT2D eigenvalue weighted by Gasteiger charge is -2.34. The van der Waals surface area contributed by atoms with E-state index >= 15 is 0 Å². The van der Waals surface area contributed by atoms with Crippen LogP contribution in [0.4, 0.5) is 5.69 Å². The molecule has 9 nitrogen and oxygen atoms in total. The number of hydrogen-bond acceptors (Lipinski definition) is 6. The summed E-state index contributed by atoms with van der Waals surface area (Å²) >= 11 is 0. The minimum Gasteiger partial charge on any atom is -0.497 e. The van der Waals surface area contributed by atoms with Crippen LogP contribution in [0.2, 0.25) is 0 Å². The van der Waals surface area contributed by atoms with Crippen LogP contribution in [0.5, 0.6) is 11.5 Å². The van der Waals surface area contributed by atoms with Crippen LogP contribution in [0, 0.1) is 6.92 Å². The summed E-state index contributed by atoms with van der Waals surface area (Å²) in [6, 6.07) is 29.2. The van der Waals surface area contributed by atoms with Crippen LogP contribution in [0.3, 0.4) is 0 Å². The minimum atomic E-state index is -4.22. The topological polar surface area (TPSA) is 105 Å². The Balaban J connectivity index is 1.56. The number of rotatable bonds is 15. The Labute approximate surface area is 289 Å². The largest absolute Gasteiger partial charge is 0.497 e. The van der Waals surface area contributed by atoms with Gasteiger partial charge in [-0.05, 0) is 86.3 Å². The molecule has 0 spiro atoms. The molecule has 1 saturated carbocycles. The van der Waals surface area contributed by atoms with Crippen LogP contribution >= 0.6 is 0 Å². The summed E-state index contributed by atoms with van der Waals surface area (Å²) in [7, 11) is -2.65. The highest BCUT2D eigenvalue weighted by Gasteiger charge is 2.35. The van der Waals surface area contributed by atoms with Crippen molar-refractivity contribution in [3.8, 4) is 11.5 Å². The summed E-state index contributed by atoms with van der Waals surface area (Å²) in [4.78, 5) is 30.5. The maximum atomic E-state index is 14.7. The summed E-state index contributed by atoms with van der Waals surface area (Å²) in [5.74, 6) is 0.379. The summed E-state index contributed by atoms with van der Waals surface area (Å²) in [6.45, 7) is 3.75. The molecule has 0 aliphatic heterocycles. The molecular weight excluding hydrogens is 639 g/mol. The third-order valence-electron chi connectivity index (χ3n) is 8.78. The van der Waals surface area contributed by atoms with Crippen molar-refractivity contribution in [2.75, 3.05) is 24.6 Å². The first-order valence-electron chi connectivity index (χ1n) is 16.8. The van der Waals surface area contributed by atoms with E-state index in [1.165, 1.54) is 17.0 Å². The normalized spacial score (nSPS) is 13.8. The molecular formula is C39H45N3O6S. The van der Waals surface area contributed by atoms with E-state index in [2.05, 4.69) is 5.32 Å². The number of carbonyl (C=O) groups is 2. The molecule has 0 heterocycles. The van der Waals surface area contributed by atoms with Gasteiger partial charge in [0, 0.05) is 19.0 Å². The number of sulfonamides is 1. The van der Waals surface area contributed by atoms with Crippen molar-refractivity contribution in [2.45, 2.75) is 69.5 Å². The fourth-order valence-corrected chi connectivity index (χ4v) is 7.54.